The van der Waals surface area contributed by atoms with Crippen LogP contribution < -0.4 is 5.73 Å². The van der Waals surface area contributed by atoms with Crippen LogP contribution in [-0.2, 0) is 12.0 Å². The lowest BCUT2D eigenvalue weighted by Gasteiger charge is -2.09. The summed E-state index contributed by atoms with van der Waals surface area (Å²) in [5.41, 5.74) is 8.87. The number of ketones is 1. The monoisotopic (exact) mass is 298 g/mol. The molecule has 0 aliphatic heterocycles. The molecule has 2 aromatic rings. The predicted molar refractivity (Wildman–Crippen MR) is 84.6 cm³/mol. The Hall–Kier alpha value is -2.01. The van der Waals surface area contributed by atoms with Gasteiger partial charge < -0.3 is 5.73 Å². The van der Waals surface area contributed by atoms with Crippen molar-refractivity contribution in [2.24, 2.45) is 5.73 Å². The number of Topliss-reactive ketones (excluding diaryl/α,β-unsaturated/α-hetero) is 1. The molecule has 5 nitrogen and oxygen atoms in total. The fraction of sp³-hybridized carbons (Fsp3) is 0.471. The topological polar surface area (TPSA) is 73.8 Å². The first-order valence-electron chi connectivity index (χ1n) is 7.81. The average molecular weight is 298 g/mol. The van der Waals surface area contributed by atoms with E-state index in [0.29, 0.717) is 18.5 Å². The van der Waals surface area contributed by atoms with Crippen LogP contribution in [0.1, 0.15) is 60.8 Å². The van der Waals surface area contributed by atoms with Crippen molar-refractivity contribution in [1.29, 1.82) is 0 Å². The lowest BCUT2D eigenvalue weighted by atomic mass is 10.0. The molecule has 0 bridgehead atoms. The quantitative estimate of drug-likeness (QED) is 0.832. The van der Waals surface area contributed by atoms with Crippen LogP contribution in [0.3, 0.4) is 0 Å². The first-order chi connectivity index (χ1) is 10.5. The number of aromatic nitrogens is 3. The Kier molecular flexibility index (Phi) is 3.83. The van der Waals surface area contributed by atoms with E-state index in [-0.39, 0.29) is 17.4 Å². The Morgan fingerprint density at radius 3 is 2.55 bits per heavy atom. The van der Waals surface area contributed by atoms with E-state index in [2.05, 4.69) is 34.6 Å². The van der Waals surface area contributed by atoms with Gasteiger partial charge in [0.1, 0.15) is 5.69 Å². The van der Waals surface area contributed by atoms with Gasteiger partial charge in [0.15, 0.2) is 5.78 Å². The smallest absolute Gasteiger partial charge is 0.185 e. The van der Waals surface area contributed by atoms with Gasteiger partial charge in [0.25, 0.3) is 0 Å². The summed E-state index contributed by atoms with van der Waals surface area (Å²) in [6.07, 6.45) is 5.02. The number of aryl methyl sites for hydroxylation is 1. The zero-order valence-electron chi connectivity index (χ0n) is 13.1. The second-order valence-corrected chi connectivity index (χ2v) is 6.45. The van der Waals surface area contributed by atoms with Crippen LogP contribution in [0.5, 0.6) is 0 Å². The van der Waals surface area contributed by atoms with Crippen molar-refractivity contribution >= 4 is 5.78 Å². The van der Waals surface area contributed by atoms with Crippen molar-refractivity contribution in [1.82, 2.24) is 15.0 Å². The summed E-state index contributed by atoms with van der Waals surface area (Å²) in [6, 6.07) is 8.53. The molecule has 1 aliphatic carbocycles. The van der Waals surface area contributed by atoms with Gasteiger partial charge in [-0.1, -0.05) is 29.5 Å². The van der Waals surface area contributed by atoms with E-state index < -0.39 is 0 Å². The number of nitrogens with zero attached hydrogens (tertiary/aromatic N) is 3. The van der Waals surface area contributed by atoms with Crippen LogP contribution in [0.2, 0.25) is 0 Å². The molecule has 1 saturated carbocycles. The van der Waals surface area contributed by atoms with Crippen LogP contribution in [-0.4, -0.2) is 20.8 Å². The molecule has 1 fully saturated rings. The summed E-state index contributed by atoms with van der Waals surface area (Å²) in [4.78, 5) is 12.2. The van der Waals surface area contributed by atoms with Gasteiger partial charge in [0.05, 0.1) is 6.20 Å². The summed E-state index contributed by atoms with van der Waals surface area (Å²) in [5, 5.41) is 7.92. The SMILES string of the molecule is CC(C)n1cc(C(=O)CCc2ccc(C3(N)CC3)cc2)nn1. The highest BCUT2D eigenvalue weighted by atomic mass is 16.1. The number of hydrogen-bond acceptors (Lipinski definition) is 4. The van der Waals surface area contributed by atoms with Gasteiger partial charge in [-0.2, -0.15) is 0 Å². The molecule has 1 aliphatic rings. The zero-order chi connectivity index (χ0) is 15.7. The summed E-state index contributed by atoms with van der Waals surface area (Å²) in [6.45, 7) is 4.02. The third-order valence-electron chi connectivity index (χ3n) is 4.28. The zero-order valence-corrected chi connectivity index (χ0v) is 13.1. The summed E-state index contributed by atoms with van der Waals surface area (Å²) < 4.78 is 1.71. The number of carbonyl (C=O) groups is 1. The van der Waals surface area contributed by atoms with Gasteiger partial charge in [-0.25, -0.2) is 4.68 Å². The van der Waals surface area contributed by atoms with Crippen LogP contribution in [0.25, 0.3) is 0 Å². The van der Waals surface area contributed by atoms with E-state index in [0.717, 1.165) is 18.4 Å². The Morgan fingerprint density at radius 2 is 2.00 bits per heavy atom. The largest absolute Gasteiger partial charge is 0.321 e. The van der Waals surface area contributed by atoms with Gasteiger partial charge in [-0.05, 0) is 44.2 Å². The summed E-state index contributed by atoms with van der Waals surface area (Å²) in [7, 11) is 0. The van der Waals surface area contributed by atoms with Crippen LogP contribution >= 0.6 is 0 Å². The van der Waals surface area contributed by atoms with Crippen molar-refractivity contribution < 1.29 is 4.79 Å². The van der Waals surface area contributed by atoms with Crippen molar-refractivity contribution in [3.8, 4) is 0 Å². The third-order valence-corrected chi connectivity index (χ3v) is 4.28. The maximum absolute atomic E-state index is 12.2. The molecule has 116 valence electrons. The number of hydrogen-bond donors (Lipinski definition) is 1. The number of nitrogens with two attached hydrogens (primary N) is 1. The molecule has 0 saturated heterocycles. The molecule has 0 amide bonds. The lowest BCUT2D eigenvalue weighted by Crippen LogP contribution is -2.18. The van der Waals surface area contributed by atoms with Gasteiger partial charge in [0.2, 0.25) is 0 Å². The Balaban J connectivity index is 1.58. The highest BCUT2D eigenvalue weighted by Crippen LogP contribution is 2.42. The fourth-order valence-electron chi connectivity index (χ4n) is 2.47. The van der Waals surface area contributed by atoms with Crippen LogP contribution in [0.4, 0.5) is 0 Å². The second-order valence-electron chi connectivity index (χ2n) is 6.45. The van der Waals surface area contributed by atoms with E-state index in [1.54, 1.807) is 10.9 Å². The molecule has 1 aromatic carbocycles. The molecular formula is C17H22N4O. The molecule has 22 heavy (non-hydrogen) atoms. The second kappa shape index (κ2) is 5.65. The van der Waals surface area contributed by atoms with E-state index >= 15 is 0 Å². The normalized spacial score (nSPS) is 16.0. The van der Waals surface area contributed by atoms with Crippen molar-refractivity contribution in [2.75, 3.05) is 0 Å². The fourth-order valence-corrected chi connectivity index (χ4v) is 2.47. The van der Waals surface area contributed by atoms with Crippen molar-refractivity contribution in [2.45, 2.75) is 51.1 Å². The van der Waals surface area contributed by atoms with E-state index in [1.165, 1.54) is 5.56 Å². The summed E-state index contributed by atoms with van der Waals surface area (Å²) in [5.74, 6) is 0.0356. The number of rotatable bonds is 6. The molecule has 0 spiro atoms. The minimum Gasteiger partial charge on any atom is -0.321 e. The Morgan fingerprint density at radius 1 is 1.32 bits per heavy atom. The third kappa shape index (κ3) is 3.09. The first kappa shape index (κ1) is 14.9. The van der Waals surface area contributed by atoms with Crippen molar-refractivity contribution in [3.63, 3.8) is 0 Å². The standard InChI is InChI=1S/C17H22N4O/c1-12(2)21-11-15(19-20-21)16(22)8-5-13-3-6-14(7-4-13)17(18)9-10-17/h3-4,6-7,11-12H,5,8-10,18H2,1-2H3. The molecule has 1 heterocycles. The molecule has 2 N–H and O–H groups in total. The highest BCUT2D eigenvalue weighted by molar-refractivity contribution is 5.93. The number of carbonyl (C=O) groups excluding carboxylic acids is 1. The molecular weight excluding hydrogens is 276 g/mol. The minimum absolute atomic E-state index is 0.0356. The Bertz CT molecular complexity index is 668. The molecule has 0 radical (unpaired) electrons. The molecule has 1 aromatic heterocycles. The van der Waals surface area contributed by atoms with Gasteiger partial charge in [-0.3, -0.25) is 4.79 Å². The van der Waals surface area contributed by atoms with Crippen LogP contribution in [0, 0.1) is 0 Å². The lowest BCUT2D eigenvalue weighted by molar-refractivity contribution is 0.0978. The molecule has 0 unspecified atom stereocenters. The predicted octanol–water partition coefficient (Wildman–Crippen LogP) is 2.62. The summed E-state index contributed by atoms with van der Waals surface area (Å²) >= 11 is 0. The van der Waals surface area contributed by atoms with Gasteiger partial charge in [-0.15, -0.1) is 5.10 Å². The molecule has 5 heteroatoms. The Labute approximate surface area is 130 Å². The maximum Gasteiger partial charge on any atom is 0.185 e. The molecule has 3 rings (SSSR count). The highest BCUT2D eigenvalue weighted by Gasteiger charge is 2.39. The average Bonchev–Trinajstić information content (AvgIpc) is 3.06. The van der Waals surface area contributed by atoms with E-state index in [9.17, 15) is 4.79 Å². The van der Waals surface area contributed by atoms with E-state index in [1.807, 2.05) is 13.8 Å². The number of benzene rings is 1. The van der Waals surface area contributed by atoms with Gasteiger partial charge in [0, 0.05) is 18.0 Å². The molecule has 0 atom stereocenters. The van der Waals surface area contributed by atoms with Crippen LogP contribution in [0.15, 0.2) is 30.5 Å². The van der Waals surface area contributed by atoms with Gasteiger partial charge >= 0.3 is 0 Å². The van der Waals surface area contributed by atoms with E-state index in [4.69, 9.17) is 5.73 Å². The minimum atomic E-state index is -0.0936. The maximum atomic E-state index is 12.2. The first-order valence-corrected chi connectivity index (χ1v) is 7.81. The van der Waals surface area contributed by atoms with Crippen molar-refractivity contribution in [3.05, 3.63) is 47.3 Å².